The summed E-state index contributed by atoms with van der Waals surface area (Å²) in [6.07, 6.45) is 5.04. The maximum atomic E-state index is 14.2. The SMILES string of the molecule is Cc1ccc(S(=O)(=O)N(CC(=O)N(Cc2ccc(Cl)c(Cl)c2)C(C)C(=O)NC2CCCCC2)c2ccc(C)cc2C)cc1. The predicted molar refractivity (Wildman–Crippen MR) is 173 cm³/mol. The molecule has 1 fully saturated rings. The van der Waals surface area contributed by atoms with Crippen LogP contribution in [0, 0.1) is 20.8 Å². The number of benzene rings is 3. The Morgan fingerprint density at radius 1 is 0.884 bits per heavy atom. The van der Waals surface area contributed by atoms with Crippen molar-refractivity contribution in [1.82, 2.24) is 10.2 Å². The maximum Gasteiger partial charge on any atom is 0.264 e. The van der Waals surface area contributed by atoms with Gasteiger partial charge in [-0.1, -0.05) is 83.9 Å². The summed E-state index contributed by atoms with van der Waals surface area (Å²) in [7, 11) is -4.14. The van der Waals surface area contributed by atoms with E-state index in [2.05, 4.69) is 5.32 Å². The molecule has 0 aromatic heterocycles. The molecule has 4 rings (SSSR count). The fourth-order valence-corrected chi connectivity index (χ4v) is 7.22. The minimum Gasteiger partial charge on any atom is -0.352 e. The molecule has 0 radical (unpaired) electrons. The Morgan fingerprint density at radius 2 is 1.53 bits per heavy atom. The molecular weight excluding hydrogens is 605 g/mol. The van der Waals surface area contributed by atoms with E-state index in [-0.39, 0.29) is 23.4 Å². The van der Waals surface area contributed by atoms with E-state index in [1.807, 2.05) is 32.9 Å². The van der Waals surface area contributed by atoms with Crippen LogP contribution in [-0.4, -0.2) is 43.8 Å². The molecule has 0 bridgehead atoms. The maximum absolute atomic E-state index is 14.2. The lowest BCUT2D eigenvalue weighted by atomic mass is 9.95. The number of hydrogen-bond acceptors (Lipinski definition) is 4. The van der Waals surface area contributed by atoms with Gasteiger partial charge in [0, 0.05) is 12.6 Å². The topological polar surface area (TPSA) is 86.8 Å². The van der Waals surface area contributed by atoms with Crippen LogP contribution in [0.5, 0.6) is 0 Å². The Balaban J connectivity index is 1.71. The summed E-state index contributed by atoms with van der Waals surface area (Å²) in [5, 5.41) is 3.81. The molecule has 1 aliphatic rings. The van der Waals surface area contributed by atoms with E-state index in [0.717, 1.165) is 47.5 Å². The zero-order chi connectivity index (χ0) is 31.3. The van der Waals surface area contributed by atoms with E-state index in [1.54, 1.807) is 55.5 Å². The fraction of sp³-hybridized carbons (Fsp3) is 0.394. The Kier molecular flexibility index (Phi) is 10.8. The molecule has 3 aromatic rings. The van der Waals surface area contributed by atoms with Gasteiger partial charge in [0.2, 0.25) is 11.8 Å². The van der Waals surface area contributed by atoms with Gasteiger partial charge >= 0.3 is 0 Å². The highest BCUT2D eigenvalue weighted by molar-refractivity contribution is 7.92. The minimum absolute atomic E-state index is 0.0419. The van der Waals surface area contributed by atoms with Gasteiger partial charge < -0.3 is 10.2 Å². The third-order valence-electron chi connectivity index (χ3n) is 7.96. The molecule has 2 amide bonds. The summed E-state index contributed by atoms with van der Waals surface area (Å²) in [5.74, 6) is -0.798. The number of nitrogens with one attached hydrogen (secondary N) is 1. The predicted octanol–water partition coefficient (Wildman–Crippen LogP) is 6.98. The Labute approximate surface area is 265 Å². The van der Waals surface area contributed by atoms with Crippen LogP contribution in [0.3, 0.4) is 0 Å². The van der Waals surface area contributed by atoms with Crippen LogP contribution >= 0.6 is 23.2 Å². The van der Waals surface area contributed by atoms with Gasteiger partial charge in [-0.25, -0.2) is 8.42 Å². The average molecular weight is 645 g/mol. The Hall–Kier alpha value is -3.07. The first-order chi connectivity index (χ1) is 20.4. The number of rotatable bonds is 10. The van der Waals surface area contributed by atoms with Crippen molar-refractivity contribution < 1.29 is 18.0 Å². The molecule has 1 aliphatic carbocycles. The van der Waals surface area contributed by atoms with Crippen molar-refractivity contribution in [1.29, 1.82) is 0 Å². The van der Waals surface area contributed by atoms with Crippen molar-refractivity contribution >= 4 is 50.7 Å². The lowest BCUT2D eigenvalue weighted by Gasteiger charge is -2.33. The minimum atomic E-state index is -4.14. The Bertz CT molecular complexity index is 1570. The largest absolute Gasteiger partial charge is 0.352 e. The number of anilines is 1. The zero-order valence-corrected chi connectivity index (χ0v) is 27.4. The number of nitrogens with zero attached hydrogens (tertiary/aromatic N) is 2. The van der Waals surface area contributed by atoms with Crippen molar-refractivity contribution in [2.45, 2.75) is 83.3 Å². The molecular formula is C33H39Cl2N3O4S. The quantitative estimate of drug-likeness (QED) is 0.258. The summed E-state index contributed by atoms with van der Waals surface area (Å²) in [6.45, 7) is 6.83. The molecule has 230 valence electrons. The van der Waals surface area contributed by atoms with Crippen LogP contribution in [0.1, 0.15) is 61.3 Å². The first kappa shape index (κ1) is 32.8. The van der Waals surface area contributed by atoms with Gasteiger partial charge in [-0.05, 0) is 82.0 Å². The summed E-state index contributed by atoms with van der Waals surface area (Å²) in [4.78, 5) is 29.2. The third kappa shape index (κ3) is 8.11. The average Bonchev–Trinajstić information content (AvgIpc) is 2.97. The van der Waals surface area contributed by atoms with E-state index in [9.17, 15) is 18.0 Å². The summed E-state index contributed by atoms with van der Waals surface area (Å²) < 4.78 is 29.3. The number of carbonyl (C=O) groups is 2. The van der Waals surface area contributed by atoms with E-state index in [4.69, 9.17) is 23.2 Å². The van der Waals surface area contributed by atoms with E-state index in [1.165, 1.54) is 4.90 Å². The lowest BCUT2D eigenvalue weighted by Crippen LogP contribution is -2.53. The highest BCUT2D eigenvalue weighted by Crippen LogP contribution is 2.29. The van der Waals surface area contributed by atoms with Gasteiger partial charge in [0.15, 0.2) is 0 Å². The molecule has 7 nitrogen and oxygen atoms in total. The molecule has 10 heteroatoms. The number of sulfonamides is 1. The second-order valence-corrected chi connectivity index (χ2v) is 14.1. The smallest absolute Gasteiger partial charge is 0.264 e. The van der Waals surface area contributed by atoms with Gasteiger partial charge in [-0.15, -0.1) is 0 Å². The first-order valence-electron chi connectivity index (χ1n) is 14.6. The third-order valence-corrected chi connectivity index (χ3v) is 10.5. The monoisotopic (exact) mass is 643 g/mol. The summed E-state index contributed by atoms with van der Waals surface area (Å²) in [5.41, 5.74) is 3.66. The van der Waals surface area contributed by atoms with Gasteiger partial charge in [0.25, 0.3) is 10.0 Å². The second-order valence-electron chi connectivity index (χ2n) is 11.4. The van der Waals surface area contributed by atoms with Crippen molar-refractivity contribution in [2.75, 3.05) is 10.8 Å². The van der Waals surface area contributed by atoms with Crippen LogP contribution in [-0.2, 0) is 26.2 Å². The highest BCUT2D eigenvalue weighted by atomic mass is 35.5. The molecule has 43 heavy (non-hydrogen) atoms. The lowest BCUT2D eigenvalue weighted by molar-refractivity contribution is -0.139. The number of aryl methyl sites for hydroxylation is 3. The van der Waals surface area contributed by atoms with Crippen LogP contribution in [0.25, 0.3) is 0 Å². The highest BCUT2D eigenvalue weighted by Gasteiger charge is 2.34. The van der Waals surface area contributed by atoms with Crippen molar-refractivity contribution in [3.63, 3.8) is 0 Å². The fourth-order valence-electron chi connectivity index (χ4n) is 5.42. The van der Waals surface area contributed by atoms with Crippen LogP contribution in [0.2, 0.25) is 10.0 Å². The molecule has 1 saturated carbocycles. The molecule has 1 atom stereocenters. The molecule has 0 saturated heterocycles. The second kappa shape index (κ2) is 14.1. The summed E-state index contributed by atoms with van der Waals surface area (Å²) in [6, 6.07) is 16.2. The number of amides is 2. The van der Waals surface area contributed by atoms with Crippen molar-refractivity contribution in [2.24, 2.45) is 0 Å². The molecule has 3 aromatic carbocycles. The number of carbonyl (C=O) groups excluding carboxylic acids is 2. The van der Waals surface area contributed by atoms with Crippen LogP contribution < -0.4 is 9.62 Å². The first-order valence-corrected chi connectivity index (χ1v) is 16.8. The molecule has 0 heterocycles. The normalized spacial score (nSPS) is 14.7. The zero-order valence-electron chi connectivity index (χ0n) is 25.1. The standard InChI is InChI=1S/C33H39Cl2N3O4S/c1-22-10-14-28(15-11-22)43(41,42)38(31-17-12-23(2)18-24(31)3)21-32(39)37(20-26-13-16-29(34)30(35)19-26)25(4)33(40)36-27-8-6-5-7-9-27/h10-19,25,27H,5-9,20-21H2,1-4H3,(H,36,40). The van der Waals surface area contributed by atoms with Gasteiger partial charge in [0.1, 0.15) is 12.6 Å². The van der Waals surface area contributed by atoms with Crippen molar-refractivity contribution in [3.05, 3.63) is 93.0 Å². The van der Waals surface area contributed by atoms with Gasteiger partial charge in [0.05, 0.1) is 20.6 Å². The van der Waals surface area contributed by atoms with Gasteiger partial charge in [-0.3, -0.25) is 13.9 Å². The van der Waals surface area contributed by atoms with Crippen LogP contribution in [0.15, 0.2) is 65.6 Å². The number of halogens is 2. The number of hydrogen-bond donors (Lipinski definition) is 1. The summed E-state index contributed by atoms with van der Waals surface area (Å²) >= 11 is 12.4. The molecule has 1 unspecified atom stereocenters. The Morgan fingerprint density at radius 3 is 2.16 bits per heavy atom. The van der Waals surface area contributed by atoms with E-state index in [0.29, 0.717) is 26.9 Å². The van der Waals surface area contributed by atoms with Crippen molar-refractivity contribution in [3.8, 4) is 0 Å². The molecule has 0 spiro atoms. The molecule has 0 aliphatic heterocycles. The van der Waals surface area contributed by atoms with E-state index < -0.39 is 28.5 Å². The molecule has 1 N–H and O–H groups in total. The van der Waals surface area contributed by atoms with E-state index >= 15 is 0 Å². The van der Waals surface area contributed by atoms with Crippen LogP contribution in [0.4, 0.5) is 5.69 Å². The van der Waals surface area contributed by atoms with Gasteiger partial charge in [-0.2, -0.15) is 0 Å².